The Labute approximate surface area is 123 Å². The quantitative estimate of drug-likeness (QED) is 0.635. The van der Waals surface area contributed by atoms with Crippen LogP contribution < -0.4 is 0 Å². The van der Waals surface area contributed by atoms with E-state index < -0.39 is 18.4 Å². The predicted octanol–water partition coefficient (Wildman–Crippen LogP) is 2.97. The minimum atomic E-state index is -0.863. The number of benzene rings is 1. The molecule has 1 aromatic heterocycles. The van der Waals surface area contributed by atoms with Crippen molar-refractivity contribution in [3.05, 3.63) is 58.1 Å². The van der Waals surface area contributed by atoms with E-state index in [-0.39, 0.29) is 11.3 Å². The second-order valence-corrected chi connectivity index (χ2v) is 5.04. The highest BCUT2D eigenvalue weighted by molar-refractivity contribution is 9.10. The number of ether oxygens (including phenoxy) is 1. The van der Waals surface area contributed by atoms with Crippen LogP contribution in [0.25, 0.3) is 0 Å². The maximum atomic E-state index is 13.5. The van der Waals surface area contributed by atoms with Crippen LogP contribution in [-0.2, 0) is 11.8 Å². The van der Waals surface area contributed by atoms with Gasteiger partial charge in [0.15, 0.2) is 6.61 Å². The summed E-state index contributed by atoms with van der Waals surface area (Å²) in [6, 6.07) is 7.32. The summed E-state index contributed by atoms with van der Waals surface area (Å²) >= 11 is 3.09. The maximum absolute atomic E-state index is 13.5. The molecule has 0 unspecified atom stereocenters. The van der Waals surface area contributed by atoms with Crippen LogP contribution in [0.2, 0.25) is 0 Å². The molecule has 0 aliphatic heterocycles. The summed E-state index contributed by atoms with van der Waals surface area (Å²) in [7, 11) is 1.71. The maximum Gasteiger partial charge on any atom is 0.341 e. The van der Waals surface area contributed by atoms with E-state index in [0.29, 0.717) is 10.2 Å². The van der Waals surface area contributed by atoms with Gasteiger partial charge in [0.2, 0.25) is 5.78 Å². The van der Waals surface area contributed by atoms with Crippen molar-refractivity contribution in [3.63, 3.8) is 0 Å². The summed E-state index contributed by atoms with van der Waals surface area (Å²) in [4.78, 5) is 23.5. The highest BCUT2D eigenvalue weighted by Crippen LogP contribution is 2.16. The Morgan fingerprint density at radius 3 is 2.70 bits per heavy atom. The highest BCUT2D eigenvalue weighted by Gasteiger charge is 2.16. The molecule has 0 atom stereocenters. The first kappa shape index (κ1) is 14.5. The number of aryl methyl sites for hydroxylation is 1. The van der Waals surface area contributed by atoms with Gasteiger partial charge < -0.3 is 9.30 Å². The van der Waals surface area contributed by atoms with E-state index in [4.69, 9.17) is 4.74 Å². The van der Waals surface area contributed by atoms with Gasteiger partial charge in [-0.3, -0.25) is 4.79 Å². The molecule has 2 rings (SSSR count). The van der Waals surface area contributed by atoms with Crippen LogP contribution in [-0.4, -0.2) is 22.9 Å². The first-order chi connectivity index (χ1) is 9.49. The van der Waals surface area contributed by atoms with Gasteiger partial charge >= 0.3 is 5.97 Å². The van der Waals surface area contributed by atoms with Crippen LogP contribution in [0.15, 0.2) is 41.0 Å². The molecule has 0 fully saturated rings. The van der Waals surface area contributed by atoms with Gasteiger partial charge in [-0.1, -0.05) is 15.9 Å². The summed E-state index contributed by atoms with van der Waals surface area (Å²) in [6.07, 6.45) is 1.71. The number of carbonyl (C=O) groups excluding carboxylic acids is 2. The van der Waals surface area contributed by atoms with Gasteiger partial charge in [0.25, 0.3) is 0 Å². The van der Waals surface area contributed by atoms with Crippen molar-refractivity contribution in [1.29, 1.82) is 0 Å². The fraction of sp³-hybridized carbons (Fsp3) is 0.143. The number of aromatic nitrogens is 1. The fourth-order valence-corrected chi connectivity index (χ4v) is 2.02. The van der Waals surface area contributed by atoms with Gasteiger partial charge in [0, 0.05) is 17.7 Å². The zero-order chi connectivity index (χ0) is 14.7. The number of carbonyl (C=O) groups is 2. The number of Topliss-reactive ketones (excluding diaryl/α,β-unsaturated/α-hetero) is 1. The van der Waals surface area contributed by atoms with Gasteiger partial charge in [-0.2, -0.15) is 0 Å². The smallest absolute Gasteiger partial charge is 0.341 e. The van der Waals surface area contributed by atoms with Crippen molar-refractivity contribution in [2.75, 3.05) is 6.61 Å². The average molecular weight is 340 g/mol. The molecule has 1 aromatic carbocycles. The largest absolute Gasteiger partial charge is 0.454 e. The van der Waals surface area contributed by atoms with Crippen molar-refractivity contribution < 1.29 is 18.7 Å². The topological polar surface area (TPSA) is 48.3 Å². The van der Waals surface area contributed by atoms with Crippen LogP contribution in [0.1, 0.15) is 20.8 Å². The van der Waals surface area contributed by atoms with Crippen molar-refractivity contribution in [2.24, 2.45) is 7.05 Å². The van der Waals surface area contributed by atoms with Crippen molar-refractivity contribution >= 4 is 27.7 Å². The monoisotopic (exact) mass is 339 g/mol. The molecule has 0 bridgehead atoms. The van der Waals surface area contributed by atoms with E-state index in [2.05, 4.69) is 15.9 Å². The molecule has 0 saturated carbocycles. The second-order valence-electron chi connectivity index (χ2n) is 4.13. The second kappa shape index (κ2) is 6.00. The van der Waals surface area contributed by atoms with E-state index in [1.54, 1.807) is 29.9 Å². The molecule has 20 heavy (non-hydrogen) atoms. The molecular formula is C14H11BrFNO3. The SMILES string of the molecule is Cn1cccc1C(=O)COC(=O)c1ccc(Br)cc1F. The molecule has 0 spiro atoms. The lowest BCUT2D eigenvalue weighted by atomic mass is 10.2. The number of nitrogens with zero attached hydrogens (tertiary/aromatic N) is 1. The van der Waals surface area contributed by atoms with Crippen molar-refractivity contribution in [2.45, 2.75) is 0 Å². The van der Waals surface area contributed by atoms with Crippen LogP contribution in [0.3, 0.4) is 0 Å². The van der Waals surface area contributed by atoms with E-state index in [0.717, 1.165) is 6.07 Å². The Hall–Kier alpha value is -1.95. The molecule has 0 aliphatic rings. The molecule has 0 amide bonds. The van der Waals surface area contributed by atoms with E-state index in [9.17, 15) is 14.0 Å². The predicted molar refractivity (Wildman–Crippen MR) is 74.1 cm³/mol. The van der Waals surface area contributed by atoms with Crippen molar-refractivity contribution in [3.8, 4) is 0 Å². The molecule has 4 nitrogen and oxygen atoms in total. The standard InChI is InChI=1S/C14H11BrFNO3/c1-17-6-2-3-12(17)13(18)8-20-14(19)10-5-4-9(15)7-11(10)16/h2-7H,8H2,1H3. The van der Waals surface area contributed by atoms with Crippen molar-refractivity contribution in [1.82, 2.24) is 4.57 Å². The molecule has 0 radical (unpaired) electrons. The minimum Gasteiger partial charge on any atom is -0.454 e. The number of esters is 1. The summed E-state index contributed by atoms with van der Waals surface area (Å²) in [6.45, 7) is -0.424. The van der Waals surface area contributed by atoms with Gasteiger partial charge in [0.1, 0.15) is 5.82 Å². The number of hydrogen-bond donors (Lipinski definition) is 0. The van der Waals surface area contributed by atoms with E-state index in [1.165, 1.54) is 12.1 Å². The van der Waals surface area contributed by atoms with Gasteiger partial charge in [-0.05, 0) is 30.3 Å². The summed E-state index contributed by atoms with van der Waals surface area (Å²) < 4.78 is 20.5. The van der Waals surface area contributed by atoms with Crippen LogP contribution in [0.4, 0.5) is 4.39 Å². The van der Waals surface area contributed by atoms with Crippen LogP contribution >= 0.6 is 15.9 Å². The summed E-state index contributed by atoms with van der Waals surface area (Å²) in [5.41, 5.74) is 0.224. The first-order valence-corrected chi connectivity index (χ1v) is 6.55. The lowest BCUT2D eigenvalue weighted by Gasteiger charge is -2.06. The highest BCUT2D eigenvalue weighted by atomic mass is 79.9. The van der Waals surface area contributed by atoms with Crippen LogP contribution in [0, 0.1) is 5.82 Å². The molecule has 104 valence electrons. The normalized spacial score (nSPS) is 10.3. The lowest BCUT2D eigenvalue weighted by Crippen LogP contribution is -2.17. The molecule has 0 aliphatic carbocycles. The Bertz CT molecular complexity index is 666. The third-order valence-corrected chi connectivity index (χ3v) is 3.21. The molecular weight excluding hydrogens is 329 g/mol. The summed E-state index contributed by atoms with van der Waals surface area (Å²) in [5, 5.41) is 0. The zero-order valence-electron chi connectivity index (χ0n) is 10.6. The minimum absolute atomic E-state index is 0.201. The number of hydrogen-bond acceptors (Lipinski definition) is 3. The molecule has 6 heteroatoms. The number of ketones is 1. The third kappa shape index (κ3) is 3.14. The third-order valence-electron chi connectivity index (χ3n) is 2.71. The van der Waals surface area contributed by atoms with E-state index in [1.807, 2.05) is 0 Å². The van der Waals surface area contributed by atoms with Gasteiger partial charge in [0.05, 0.1) is 11.3 Å². The zero-order valence-corrected chi connectivity index (χ0v) is 12.2. The first-order valence-electron chi connectivity index (χ1n) is 5.75. The number of rotatable bonds is 4. The van der Waals surface area contributed by atoms with Crippen LogP contribution in [0.5, 0.6) is 0 Å². The number of halogens is 2. The molecule has 2 aromatic rings. The Morgan fingerprint density at radius 2 is 2.10 bits per heavy atom. The Balaban J connectivity index is 2.02. The average Bonchev–Trinajstić information content (AvgIpc) is 2.82. The Morgan fingerprint density at radius 1 is 1.35 bits per heavy atom. The molecule has 0 saturated heterocycles. The van der Waals surface area contributed by atoms with Gasteiger partial charge in [-0.25, -0.2) is 9.18 Å². The summed E-state index contributed by atoms with van der Waals surface area (Å²) in [5.74, 6) is -1.91. The van der Waals surface area contributed by atoms with E-state index >= 15 is 0 Å². The molecule has 1 heterocycles. The van der Waals surface area contributed by atoms with Gasteiger partial charge in [-0.15, -0.1) is 0 Å². The molecule has 0 N–H and O–H groups in total. The Kier molecular flexibility index (Phi) is 4.34. The fourth-order valence-electron chi connectivity index (χ4n) is 1.69. The lowest BCUT2D eigenvalue weighted by molar-refractivity contribution is 0.0468.